The fourth-order valence-electron chi connectivity index (χ4n) is 2.02. The standard InChI is InChI=1S/C10H22N/c1-6-10(2,9-7-8-9)11(3,4)5/h9H,6-8H2,1-5H3/q+1. The second-order valence-corrected chi connectivity index (χ2v) is 5.00. The Morgan fingerprint density at radius 2 is 1.73 bits per heavy atom. The average Bonchev–Trinajstić information content (AvgIpc) is 2.64. The van der Waals surface area contributed by atoms with Crippen molar-refractivity contribution in [3.05, 3.63) is 0 Å². The van der Waals surface area contributed by atoms with Crippen LogP contribution in [0.3, 0.4) is 0 Å². The van der Waals surface area contributed by atoms with Gasteiger partial charge in [0, 0.05) is 5.92 Å². The van der Waals surface area contributed by atoms with Crippen molar-refractivity contribution in [1.82, 2.24) is 0 Å². The van der Waals surface area contributed by atoms with Crippen molar-refractivity contribution < 1.29 is 4.48 Å². The summed E-state index contributed by atoms with van der Waals surface area (Å²) in [6.07, 6.45) is 4.22. The summed E-state index contributed by atoms with van der Waals surface area (Å²) in [5.41, 5.74) is 0.528. The molecule has 1 rings (SSSR count). The Labute approximate surface area is 71.0 Å². The highest BCUT2D eigenvalue weighted by Gasteiger charge is 2.49. The molecule has 1 aliphatic carbocycles. The predicted molar refractivity (Wildman–Crippen MR) is 49.5 cm³/mol. The van der Waals surface area contributed by atoms with Crippen LogP contribution in [0, 0.1) is 5.92 Å². The summed E-state index contributed by atoms with van der Waals surface area (Å²) in [6.45, 7) is 4.76. The predicted octanol–water partition coefficient (Wildman–Crippen LogP) is 2.27. The van der Waals surface area contributed by atoms with E-state index in [0.717, 1.165) is 10.4 Å². The molecular formula is C10H22N+. The summed E-state index contributed by atoms with van der Waals surface area (Å²) < 4.78 is 1.12. The van der Waals surface area contributed by atoms with Gasteiger partial charge in [0.2, 0.25) is 0 Å². The molecule has 0 heterocycles. The maximum absolute atomic E-state index is 2.44. The van der Waals surface area contributed by atoms with Crippen LogP contribution >= 0.6 is 0 Å². The molecule has 0 aliphatic heterocycles. The van der Waals surface area contributed by atoms with Crippen LogP contribution in [0.15, 0.2) is 0 Å². The van der Waals surface area contributed by atoms with E-state index in [1.165, 1.54) is 19.3 Å². The first-order chi connectivity index (χ1) is 4.92. The fourth-order valence-corrected chi connectivity index (χ4v) is 2.02. The molecule has 1 fully saturated rings. The lowest BCUT2D eigenvalue weighted by Crippen LogP contribution is -2.56. The minimum atomic E-state index is 0.528. The van der Waals surface area contributed by atoms with Crippen molar-refractivity contribution in [2.75, 3.05) is 21.1 Å². The molecule has 0 aromatic carbocycles. The summed E-state index contributed by atoms with van der Waals surface area (Å²) in [4.78, 5) is 0. The average molecular weight is 156 g/mol. The van der Waals surface area contributed by atoms with Crippen LogP contribution in [0.5, 0.6) is 0 Å². The van der Waals surface area contributed by atoms with Crippen LogP contribution < -0.4 is 0 Å². The minimum Gasteiger partial charge on any atom is -0.326 e. The zero-order valence-corrected chi connectivity index (χ0v) is 8.65. The normalized spacial score (nSPS) is 24.8. The second-order valence-electron chi connectivity index (χ2n) is 5.00. The molecule has 11 heavy (non-hydrogen) atoms. The SMILES string of the molecule is CCC(C)(C1CC1)[N+](C)(C)C. The topological polar surface area (TPSA) is 0 Å². The molecular weight excluding hydrogens is 134 g/mol. The van der Waals surface area contributed by atoms with Gasteiger partial charge in [0.15, 0.2) is 0 Å². The zero-order chi connectivity index (χ0) is 8.70. The first-order valence-corrected chi connectivity index (χ1v) is 4.73. The van der Waals surface area contributed by atoms with E-state index in [1.807, 2.05) is 0 Å². The van der Waals surface area contributed by atoms with Crippen LogP contribution in [-0.2, 0) is 0 Å². The van der Waals surface area contributed by atoms with E-state index in [-0.39, 0.29) is 0 Å². The van der Waals surface area contributed by atoms with E-state index < -0.39 is 0 Å². The van der Waals surface area contributed by atoms with Gasteiger partial charge >= 0.3 is 0 Å². The molecule has 0 amide bonds. The summed E-state index contributed by atoms with van der Waals surface area (Å²) in [5, 5.41) is 0. The van der Waals surface area contributed by atoms with Crippen LogP contribution in [0.4, 0.5) is 0 Å². The third-order valence-corrected chi connectivity index (χ3v) is 3.71. The van der Waals surface area contributed by atoms with E-state index in [2.05, 4.69) is 35.0 Å². The molecule has 1 unspecified atom stereocenters. The van der Waals surface area contributed by atoms with Gasteiger partial charge < -0.3 is 4.48 Å². The number of hydrogen-bond acceptors (Lipinski definition) is 0. The molecule has 1 nitrogen and oxygen atoms in total. The molecule has 0 bridgehead atoms. The molecule has 0 aromatic rings. The van der Waals surface area contributed by atoms with Crippen LogP contribution in [-0.4, -0.2) is 31.2 Å². The van der Waals surface area contributed by atoms with Gasteiger partial charge in [-0.15, -0.1) is 0 Å². The Morgan fingerprint density at radius 3 is 1.82 bits per heavy atom. The van der Waals surface area contributed by atoms with Crippen molar-refractivity contribution in [2.24, 2.45) is 5.92 Å². The fraction of sp³-hybridized carbons (Fsp3) is 1.00. The maximum Gasteiger partial charge on any atom is 0.0983 e. The molecule has 0 radical (unpaired) electrons. The lowest BCUT2D eigenvalue weighted by Gasteiger charge is -2.44. The summed E-state index contributed by atoms with van der Waals surface area (Å²) in [5.74, 6) is 0.993. The Bertz CT molecular complexity index is 141. The van der Waals surface area contributed by atoms with Gasteiger partial charge in [0.1, 0.15) is 0 Å². The number of nitrogens with zero attached hydrogens (tertiary/aromatic N) is 1. The third kappa shape index (κ3) is 1.44. The minimum absolute atomic E-state index is 0.528. The van der Waals surface area contributed by atoms with E-state index in [9.17, 15) is 0 Å². The second kappa shape index (κ2) is 2.48. The quantitative estimate of drug-likeness (QED) is 0.550. The highest BCUT2D eigenvalue weighted by Crippen LogP contribution is 2.46. The number of hydrogen-bond donors (Lipinski definition) is 0. The lowest BCUT2D eigenvalue weighted by molar-refractivity contribution is -0.924. The van der Waals surface area contributed by atoms with E-state index in [0.29, 0.717) is 5.54 Å². The van der Waals surface area contributed by atoms with E-state index in [1.54, 1.807) is 0 Å². The summed E-state index contributed by atoms with van der Waals surface area (Å²) in [7, 11) is 6.96. The maximum atomic E-state index is 2.44. The molecule has 0 aromatic heterocycles. The van der Waals surface area contributed by atoms with Gasteiger partial charge in [-0.25, -0.2) is 0 Å². The van der Waals surface area contributed by atoms with Gasteiger partial charge in [0.05, 0.1) is 26.7 Å². The largest absolute Gasteiger partial charge is 0.326 e. The Kier molecular flexibility index (Phi) is 2.04. The van der Waals surface area contributed by atoms with Gasteiger partial charge in [-0.1, -0.05) is 6.92 Å². The Hall–Kier alpha value is -0.0400. The van der Waals surface area contributed by atoms with Gasteiger partial charge in [-0.05, 0) is 26.2 Å². The van der Waals surface area contributed by atoms with Gasteiger partial charge in [-0.3, -0.25) is 0 Å². The molecule has 0 N–H and O–H groups in total. The number of quaternary nitrogens is 1. The first kappa shape index (κ1) is 9.05. The van der Waals surface area contributed by atoms with Crippen LogP contribution in [0.25, 0.3) is 0 Å². The smallest absolute Gasteiger partial charge is 0.0983 e. The third-order valence-electron chi connectivity index (χ3n) is 3.71. The van der Waals surface area contributed by atoms with E-state index >= 15 is 0 Å². The van der Waals surface area contributed by atoms with Crippen molar-refractivity contribution in [2.45, 2.75) is 38.6 Å². The molecule has 1 heteroatoms. The first-order valence-electron chi connectivity index (χ1n) is 4.73. The van der Waals surface area contributed by atoms with Gasteiger partial charge in [-0.2, -0.15) is 0 Å². The Morgan fingerprint density at radius 1 is 1.27 bits per heavy atom. The molecule has 0 saturated heterocycles. The monoisotopic (exact) mass is 156 g/mol. The van der Waals surface area contributed by atoms with E-state index in [4.69, 9.17) is 0 Å². The van der Waals surface area contributed by atoms with Crippen molar-refractivity contribution in [1.29, 1.82) is 0 Å². The van der Waals surface area contributed by atoms with Gasteiger partial charge in [0.25, 0.3) is 0 Å². The lowest BCUT2D eigenvalue weighted by atomic mass is 9.89. The molecule has 0 spiro atoms. The number of rotatable bonds is 3. The highest BCUT2D eigenvalue weighted by molar-refractivity contribution is 4.91. The Balaban J connectivity index is 2.73. The molecule has 1 aliphatic rings. The summed E-state index contributed by atoms with van der Waals surface area (Å²) >= 11 is 0. The molecule has 1 saturated carbocycles. The van der Waals surface area contributed by atoms with Crippen molar-refractivity contribution >= 4 is 0 Å². The molecule has 66 valence electrons. The summed E-state index contributed by atoms with van der Waals surface area (Å²) in [6, 6.07) is 0. The molecule has 1 atom stereocenters. The zero-order valence-electron chi connectivity index (χ0n) is 8.65. The van der Waals surface area contributed by atoms with Crippen LogP contribution in [0.2, 0.25) is 0 Å². The van der Waals surface area contributed by atoms with Crippen molar-refractivity contribution in [3.63, 3.8) is 0 Å². The van der Waals surface area contributed by atoms with Crippen LogP contribution in [0.1, 0.15) is 33.1 Å². The van der Waals surface area contributed by atoms with Crippen molar-refractivity contribution in [3.8, 4) is 0 Å². The highest BCUT2D eigenvalue weighted by atomic mass is 15.3.